The van der Waals surface area contributed by atoms with Crippen molar-refractivity contribution in [1.82, 2.24) is 5.32 Å². The number of nitrogens with one attached hydrogen (secondary N) is 1. The SMILES string of the molecule is CC.COCCCOCC(CO)COCCCOP(=O)([O-])OCC(COCCCOP(=O)([O-])OCCCCCCO[C@@H]1OC(CO)[C@H](O)[C@H](O)C1NC(C)=O)(COCCCOP(=O)(O)OCCCCCCO[C@@H]1OC(CO)[C@H](O)[C@H](O)C1C)COCCCOP(=O)(O)OCCCCCCO[C@@H]1OC(CO)[C@H](O)[C@H](O)C1C. The van der Waals surface area contributed by atoms with E-state index in [1.807, 2.05) is 13.8 Å². The molecule has 0 saturated carbocycles. The third-order valence-corrected chi connectivity index (χ3v) is 21.4. The number of phosphoric ester groups is 4. The highest BCUT2D eigenvalue weighted by molar-refractivity contribution is 7.47. The predicted molar refractivity (Wildman–Crippen MR) is 388 cm³/mol. The van der Waals surface area contributed by atoms with Gasteiger partial charge in [0.15, 0.2) is 18.9 Å². The molecule has 3 fully saturated rings. The van der Waals surface area contributed by atoms with E-state index in [1.165, 1.54) is 6.92 Å². The summed E-state index contributed by atoms with van der Waals surface area (Å²) in [6.07, 6.45) is -6.90. The summed E-state index contributed by atoms with van der Waals surface area (Å²) >= 11 is 0. The minimum absolute atomic E-state index is 0.00317. The Hall–Kier alpha value is -0.970. The predicted octanol–water partition coefficient (Wildman–Crippen LogP) is 1.38. The highest BCUT2D eigenvalue weighted by Gasteiger charge is 2.47. The number of aliphatic hydroxyl groups excluding tert-OH is 10. The third-order valence-electron chi connectivity index (χ3n) is 17.4. The normalized spacial score (nSPS) is 27.4. The number of amides is 1. The van der Waals surface area contributed by atoms with Crippen molar-refractivity contribution in [1.29, 1.82) is 0 Å². The highest BCUT2D eigenvalue weighted by Crippen LogP contribution is 2.45. The molecule has 0 bridgehead atoms. The number of methoxy groups -OCH3 is 1. The summed E-state index contributed by atoms with van der Waals surface area (Å²) in [7, 11) is -17.5. The van der Waals surface area contributed by atoms with Crippen LogP contribution in [0, 0.1) is 23.2 Å². The molecule has 44 heteroatoms. The van der Waals surface area contributed by atoms with Crippen LogP contribution in [-0.4, -0.2) is 325 Å². The molecular weight excluding hydrogens is 1570 g/mol. The number of phosphoric acid groups is 4. The second kappa shape index (κ2) is 61.3. The van der Waals surface area contributed by atoms with Gasteiger partial charge in [-0.25, -0.2) is 9.13 Å². The number of unbranched alkanes of at least 4 members (excludes halogenated alkanes) is 9. The van der Waals surface area contributed by atoms with Gasteiger partial charge in [0.2, 0.25) is 5.91 Å². The third kappa shape index (κ3) is 46.4. The Morgan fingerprint density at radius 3 is 1.07 bits per heavy atom. The van der Waals surface area contributed by atoms with Crippen molar-refractivity contribution >= 4 is 37.2 Å². The molecule has 3 heterocycles. The molecule has 3 rings (SSSR count). The quantitative estimate of drug-likeness (QED) is 0.0302. The average molecular weight is 1700 g/mol. The Bertz CT molecular complexity index is 2430. The summed E-state index contributed by atoms with van der Waals surface area (Å²) in [6.45, 7) is 4.31. The van der Waals surface area contributed by atoms with E-state index in [-0.39, 0.29) is 157 Å². The topological polar surface area (TPSA) is 571 Å². The maximum Gasteiger partial charge on any atom is 0.472 e. The van der Waals surface area contributed by atoms with Gasteiger partial charge in [0.25, 0.3) is 15.6 Å². The van der Waals surface area contributed by atoms with E-state index < -0.39 is 167 Å². The van der Waals surface area contributed by atoms with Crippen LogP contribution in [0.3, 0.4) is 0 Å². The van der Waals surface area contributed by atoms with Gasteiger partial charge in [-0.2, -0.15) is 0 Å². The van der Waals surface area contributed by atoms with Crippen LogP contribution in [0.4, 0.5) is 0 Å². The smallest absolute Gasteiger partial charge is 0.472 e. The van der Waals surface area contributed by atoms with Crippen LogP contribution in [0.2, 0.25) is 0 Å². The summed E-state index contributed by atoms with van der Waals surface area (Å²) in [5.74, 6) is -1.95. The first-order chi connectivity index (χ1) is 53.0. The van der Waals surface area contributed by atoms with Gasteiger partial charge in [0.1, 0.15) is 48.8 Å². The molecule has 3 aliphatic heterocycles. The molecule has 0 aromatic carbocycles. The molecule has 3 aliphatic rings. The van der Waals surface area contributed by atoms with Crippen molar-refractivity contribution in [2.24, 2.45) is 23.2 Å². The monoisotopic (exact) mass is 1700 g/mol. The summed E-state index contributed by atoms with van der Waals surface area (Å²) in [4.78, 5) is 58.7. The van der Waals surface area contributed by atoms with E-state index in [0.717, 1.165) is 0 Å². The maximum absolute atomic E-state index is 13.4. The Labute approximate surface area is 652 Å². The molecule has 0 aromatic heterocycles. The fourth-order valence-corrected chi connectivity index (χ4v) is 14.3. The zero-order valence-corrected chi connectivity index (χ0v) is 68.9. The fraction of sp³-hybridized carbons (Fsp3) is 0.985. The molecule has 3 saturated heterocycles. The number of ether oxygens (including phenoxy) is 12. The van der Waals surface area contributed by atoms with Gasteiger partial charge in [-0.3, -0.25) is 32.0 Å². The van der Waals surface area contributed by atoms with Crippen LogP contribution in [0.1, 0.15) is 144 Å². The van der Waals surface area contributed by atoms with Crippen molar-refractivity contribution in [3.8, 4) is 0 Å². The Balaban J connectivity index is 0.0000207. The molecular formula is C67H133NO39P4-2. The van der Waals surface area contributed by atoms with E-state index >= 15 is 0 Å². The molecule has 20 atom stereocenters. The number of carbonyl (C=O) groups is 1. The van der Waals surface area contributed by atoms with Gasteiger partial charge >= 0.3 is 15.6 Å². The van der Waals surface area contributed by atoms with Gasteiger partial charge in [0.05, 0.1) is 130 Å². The Kier molecular flexibility index (Phi) is 58.6. The van der Waals surface area contributed by atoms with Gasteiger partial charge < -0.3 is 151 Å². The molecule has 0 aromatic rings. The summed E-state index contributed by atoms with van der Waals surface area (Å²) in [6, 6.07) is -1.11. The lowest BCUT2D eigenvalue weighted by atomic mass is 9.92. The second-order valence-electron chi connectivity index (χ2n) is 27.0. The zero-order chi connectivity index (χ0) is 82.6. The number of rotatable bonds is 69. The molecule has 662 valence electrons. The molecule has 11 unspecified atom stereocenters. The van der Waals surface area contributed by atoms with Crippen molar-refractivity contribution in [3.05, 3.63) is 0 Å². The first-order valence-electron chi connectivity index (χ1n) is 38.4. The number of hydrogen-bond donors (Lipinski definition) is 13. The van der Waals surface area contributed by atoms with Crippen LogP contribution in [0.15, 0.2) is 0 Å². The first-order valence-corrected chi connectivity index (χ1v) is 44.3. The average Bonchev–Trinajstić information content (AvgIpc) is 0.816. The van der Waals surface area contributed by atoms with Crippen LogP contribution in [0.25, 0.3) is 0 Å². The van der Waals surface area contributed by atoms with Gasteiger partial charge in [-0.15, -0.1) is 0 Å². The lowest BCUT2D eigenvalue weighted by molar-refractivity contribution is -0.282. The van der Waals surface area contributed by atoms with Crippen molar-refractivity contribution < 1.29 is 187 Å². The van der Waals surface area contributed by atoms with E-state index in [9.17, 15) is 93.7 Å². The highest BCUT2D eigenvalue weighted by atomic mass is 31.2. The minimum atomic E-state index is -5.13. The molecule has 40 nitrogen and oxygen atoms in total. The first kappa shape index (κ1) is 106. The van der Waals surface area contributed by atoms with E-state index in [2.05, 4.69) is 5.32 Å². The van der Waals surface area contributed by atoms with Crippen LogP contribution >= 0.6 is 31.3 Å². The lowest BCUT2D eigenvalue weighted by Crippen LogP contribution is -2.64. The Morgan fingerprint density at radius 2 is 0.712 bits per heavy atom. The second-order valence-corrected chi connectivity index (χ2v) is 32.7. The van der Waals surface area contributed by atoms with Crippen molar-refractivity contribution in [3.63, 3.8) is 0 Å². The zero-order valence-electron chi connectivity index (χ0n) is 65.3. The summed E-state index contributed by atoms with van der Waals surface area (Å²) < 4.78 is 161. The summed E-state index contributed by atoms with van der Waals surface area (Å²) in [5, 5.41) is 102. The molecule has 0 radical (unpaired) electrons. The van der Waals surface area contributed by atoms with Crippen LogP contribution in [-0.2, 0) is 116 Å². The molecule has 111 heavy (non-hydrogen) atoms. The molecule has 1 amide bonds. The molecule has 13 N–H and O–H groups in total. The molecule has 0 spiro atoms. The van der Waals surface area contributed by atoms with Gasteiger partial charge in [-0.05, 0) is 70.6 Å². The van der Waals surface area contributed by atoms with E-state index in [1.54, 1.807) is 21.0 Å². The number of carbonyl (C=O) groups excluding carboxylic acids is 1. The van der Waals surface area contributed by atoms with Crippen LogP contribution in [0.5, 0.6) is 0 Å². The van der Waals surface area contributed by atoms with E-state index in [0.29, 0.717) is 96.7 Å². The maximum atomic E-state index is 13.4. The standard InChI is InChI=1S/C65H129NO39P4.C2H6/c1-48-56(72)58(74)52(39-68)103-62(48)92-28-11-5-8-14-31-95-106(78,79)98-35-19-25-89-44-65(47-102-109(84,85)101-34-18-24-88-43-51(38-67)42-87-23-17-22-86-4,45-90-26-20-36-99-107(80,81)96-32-15-9-6-12-29-93-63-49(2)57(73)59(75)53(40-69)104-63)46-91-27-21-37-100-108(82,83)97-33-16-10-7-13-30-94-64-55(66-50(3)71)61(77)60(76)54(41-70)105-64;1-2/h48-49,51-64,67-70,72-77H,5-47H2,1-4H3,(H,66,71)(H,78,79)(H,80,81)(H,82,83)(H,84,85);1-2H3/p-2/t48?,49?,51?,52?,53?,54?,55?,56-,57-,58+,59+,60+,61-,62-,63-,64-,65?;/m1./s1. The largest absolute Gasteiger partial charge is 0.756 e. The Morgan fingerprint density at radius 1 is 0.405 bits per heavy atom. The van der Waals surface area contributed by atoms with Crippen molar-refractivity contribution in [2.45, 2.75) is 224 Å². The van der Waals surface area contributed by atoms with E-state index in [4.69, 9.17) is 93.0 Å². The number of hydrogen-bond acceptors (Lipinski definition) is 37. The van der Waals surface area contributed by atoms with Crippen LogP contribution < -0.4 is 15.1 Å². The van der Waals surface area contributed by atoms with Gasteiger partial charge in [-0.1, -0.05) is 66.2 Å². The lowest BCUT2D eigenvalue weighted by Gasteiger charge is -2.42. The number of aliphatic hydroxyl groups is 10. The minimum Gasteiger partial charge on any atom is -0.756 e. The fourth-order valence-electron chi connectivity index (χ4n) is 11.0. The molecule has 0 aliphatic carbocycles. The van der Waals surface area contributed by atoms with Crippen molar-refractivity contribution in [2.75, 3.05) is 179 Å². The van der Waals surface area contributed by atoms with Gasteiger partial charge in [0, 0.05) is 91.2 Å². The summed E-state index contributed by atoms with van der Waals surface area (Å²) in [5.41, 5.74) is -1.53.